The summed E-state index contributed by atoms with van der Waals surface area (Å²) in [5, 5.41) is 3.20. The van der Waals surface area contributed by atoms with Crippen molar-refractivity contribution in [3.63, 3.8) is 0 Å². The summed E-state index contributed by atoms with van der Waals surface area (Å²) in [6, 6.07) is 4.87. The topological polar surface area (TPSA) is 34.4 Å². The van der Waals surface area contributed by atoms with Crippen LogP contribution in [0.1, 0.15) is 22.9 Å². The molecule has 1 N–H and O–H groups in total. The molecule has 1 unspecified atom stereocenters. The Morgan fingerprint density at radius 2 is 2.11 bits per heavy atom. The van der Waals surface area contributed by atoms with Gasteiger partial charge in [0, 0.05) is 17.2 Å². The number of aryl methyl sites for hydroxylation is 1. The van der Waals surface area contributed by atoms with E-state index in [0.29, 0.717) is 10.2 Å². The predicted octanol–water partition coefficient (Wildman–Crippen LogP) is 3.81. The second kappa shape index (κ2) is 5.75. The number of furan rings is 1. The summed E-state index contributed by atoms with van der Waals surface area (Å²) >= 11 is 3.21. The van der Waals surface area contributed by atoms with Crippen LogP contribution in [0.25, 0.3) is 0 Å². The Bertz CT molecular complexity index is 583. The van der Waals surface area contributed by atoms with E-state index in [1.807, 2.05) is 20.0 Å². The maximum Gasteiger partial charge on any atom is 0.141 e. The van der Waals surface area contributed by atoms with Gasteiger partial charge in [-0.05, 0) is 42.0 Å². The van der Waals surface area contributed by atoms with Crippen LogP contribution in [-0.2, 0) is 0 Å². The molecule has 19 heavy (non-hydrogen) atoms. The van der Waals surface area contributed by atoms with Gasteiger partial charge in [0.15, 0.2) is 0 Å². The molecule has 0 radical (unpaired) electrons. The van der Waals surface area contributed by atoms with E-state index < -0.39 is 0 Å². The van der Waals surface area contributed by atoms with E-state index in [1.54, 1.807) is 12.3 Å². The molecule has 0 spiro atoms. The highest BCUT2D eigenvalue weighted by molar-refractivity contribution is 9.10. The summed E-state index contributed by atoms with van der Waals surface area (Å²) in [7, 11) is 3.37. The molecule has 3 nitrogen and oxygen atoms in total. The van der Waals surface area contributed by atoms with Gasteiger partial charge < -0.3 is 14.5 Å². The molecule has 0 saturated heterocycles. The second-order valence-corrected chi connectivity index (χ2v) is 5.02. The van der Waals surface area contributed by atoms with E-state index in [9.17, 15) is 4.39 Å². The minimum absolute atomic E-state index is 0.120. The third kappa shape index (κ3) is 2.67. The molecular formula is C14H15BrFNO2. The molecule has 102 valence electrons. The fraction of sp³-hybridized carbons (Fsp3) is 0.286. The molecule has 2 rings (SSSR count). The lowest BCUT2D eigenvalue weighted by Gasteiger charge is -2.19. The predicted molar refractivity (Wildman–Crippen MR) is 75.0 cm³/mol. The Balaban J connectivity index is 2.55. The molecule has 1 heterocycles. The van der Waals surface area contributed by atoms with Crippen LogP contribution in [0.3, 0.4) is 0 Å². The van der Waals surface area contributed by atoms with E-state index in [4.69, 9.17) is 9.15 Å². The second-order valence-electron chi connectivity index (χ2n) is 4.16. The van der Waals surface area contributed by atoms with Crippen LogP contribution >= 0.6 is 15.9 Å². The Labute approximate surface area is 119 Å². The molecule has 5 heteroatoms. The summed E-state index contributed by atoms with van der Waals surface area (Å²) in [6.45, 7) is 1.89. The van der Waals surface area contributed by atoms with Crippen LogP contribution in [-0.4, -0.2) is 14.2 Å². The molecule has 1 aromatic carbocycles. The van der Waals surface area contributed by atoms with Gasteiger partial charge in [0.25, 0.3) is 0 Å². The number of rotatable bonds is 4. The van der Waals surface area contributed by atoms with Crippen LogP contribution in [0.5, 0.6) is 5.75 Å². The molecule has 0 aliphatic rings. The normalized spacial score (nSPS) is 12.5. The molecule has 2 aromatic rings. The fourth-order valence-electron chi connectivity index (χ4n) is 2.12. The molecule has 0 aliphatic carbocycles. The number of hydrogen-bond acceptors (Lipinski definition) is 3. The van der Waals surface area contributed by atoms with Crippen LogP contribution in [0.4, 0.5) is 4.39 Å². The van der Waals surface area contributed by atoms with Gasteiger partial charge in [-0.1, -0.05) is 0 Å². The smallest absolute Gasteiger partial charge is 0.141 e. The summed E-state index contributed by atoms with van der Waals surface area (Å²) in [6.07, 6.45) is 1.64. The number of benzene rings is 1. The summed E-state index contributed by atoms with van der Waals surface area (Å²) < 4.78 is 24.6. The fourth-order valence-corrected chi connectivity index (χ4v) is 2.48. The van der Waals surface area contributed by atoms with Gasteiger partial charge in [-0.15, -0.1) is 0 Å². The van der Waals surface area contributed by atoms with Crippen molar-refractivity contribution in [1.29, 1.82) is 0 Å². The van der Waals surface area contributed by atoms with Gasteiger partial charge >= 0.3 is 0 Å². The quantitative estimate of drug-likeness (QED) is 0.927. The number of halogens is 2. The van der Waals surface area contributed by atoms with E-state index >= 15 is 0 Å². The lowest BCUT2D eigenvalue weighted by atomic mass is 9.98. The lowest BCUT2D eigenvalue weighted by molar-refractivity contribution is 0.401. The van der Waals surface area contributed by atoms with Crippen molar-refractivity contribution < 1.29 is 13.5 Å². The van der Waals surface area contributed by atoms with Gasteiger partial charge in [0.1, 0.15) is 17.3 Å². The number of methoxy groups -OCH3 is 1. The standard InChI is InChI=1S/C14H15BrFNO2/c1-8-9(4-5-19-8)14(17-2)10-6-11(15)12(16)7-13(10)18-3/h4-7,14,17H,1-3H3. The summed E-state index contributed by atoms with van der Waals surface area (Å²) in [5.41, 5.74) is 1.85. The third-order valence-electron chi connectivity index (χ3n) is 3.08. The summed E-state index contributed by atoms with van der Waals surface area (Å²) in [5.74, 6) is 0.974. The molecule has 0 amide bonds. The first-order valence-corrected chi connectivity index (χ1v) is 6.62. The van der Waals surface area contributed by atoms with E-state index in [0.717, 1.165) is 16.9 Å². The number of hydrogen-bond donors (Lipinski definition) is 1. The molecule has 0 fully saturated rings. The highest BCUT2D eigenvalue weighted by atomic mass is 79.9. The van der Waals surface area contributed by atoms with Crippen molar-refractivity contribution in [2.45, 2.75) is 13.0 Å². The highest BCUT2D eigenvalue weighted by Crippen LogP contribution is 2.35. The van der Waals surface area contributed by atoms with Crippen molar-refractivity contribution in [2.75, 3.05) is 14.2 Å². The van der Waals surface area contributed by atoms with Crippen molar-refractivity contribution in [3.05, 3.63) is 51.6 Å². The first-order valence-electron chi connectivity index (χ1n) is 5.82. The SMILES string of the molecule is CNC(c1cc(Br)c(F)cc1OC)c1ccoc1C. The maximum atomic E-state index is 13.6. The Morgan fingerprint density at radius 1 is 1.37 bits per heavy atom. The van der Waals surface area contributed by atoms with Gasteiger partial charge in [0.2, 0.25) is 0 Å². The van der Waals surface area contributed by atoms with Crippen molar-refractivity contribution in [3.8, 4) is 5.75 Å². The monoisotopic (exact) mass is 327 g/mol. The number of ether oxygens (including phenoxy) is 1. The molecule has 1 atom stereocenters. The zero-order valence-corrected chi connectivity index (χ0v) is 12.5. The van der Waals surface area contributed by atoms with Gasteiger partial charge in [-0.2, -0.15) is 0 Å². The van der Waals surface area contributed by atoms with Crippen LogP contribution < -0.4 is 10.1 Å². The largest absolute Gasteiger partial charge is 0.496 e. The molecule has 0 bridgehead atoms. The Morgan fingerprint density at radius 3 is 2.63 bits per heavy atom. The molecule has 0 aliphatic heterocycles. The minimum atomic E-state index is -0.348. The van der Waals surface area contributed by atoms with Gasteiger partial charge in [-0.25, -0.2) is 4.39 Å². The minimum Gasteiger partial charge on any atom is -0.496 e. The van der Waals surface area contributed by atoms with Crippen LogP contribution in [0.2, 0.25) is 0 Å². The van der Waals surface area contributed by atoms with Gasteiger partial charge in [-0.3, -0.25) is 0 Å². The van der Waals surface area contributed by atoms with Crippen molar-refractivity contribution >= 4 is 15.9 Å². The first-order chi connectivity index (χ1) is 9.08. The van der Waals surface area contributed by atoms with E-state index in [2.05, 4.69) is 21.2 Å². The zero-order chi connectivity index (χ0) is 14.0. The highest BCUT2D eigenvalue weighted by Gasteiger charge is 2.21. The van der Waals surface area contributed by atoms with Gasteiger partial charge in [0.05, 0.1) is 23.9 Å². The maximum absolute atomic E-state index is 13.6. The average Bonchev–Trinajstić information content (AvgIpc) is 2.81. The molecule has 0 saturated carbocycles. The third-order valence-corrected chi connectivity index (χ3v) is 3.69. The number of nitrogens with one attached hydrogen (secondary N) is 1. The Kier molecular flexibility index (Phi) is 4.27. The van der Waals surface area contributed by atoms with E-state index in [1.165, 1.54) is 13.2 Å². The molecule has 1 aromatic heterocycles. The molecular weight excluding hydrogens is 313 g/mol. The van der Waals surface area contributed by atoms with Crippen molar-refractivity contribution in [1.82, 2.24) is 5.32 Å². The zero-order valence-electron chi connectivity index (χ0n) is 11.0. The van der Waals surface area contributed by atoms with E-state index in [-0.39, 0.29) is 11.9 Å². The van der Waals surface area contributed by atoms with Crippen LogP contribution in [0, 0.1) is 12.7 Å². The lowest BCUT2D eigenvalue weighted by Crippen LogP contribution is -2.19. The van der Waals surface area contributed by atoms with Crippen molar-refractivity contribution in [2.24, 2.45) is 0 Å². The first kappa shape index (κ1) is 14.1. The average molecular weight is 328 g/mol. The van der Waals surface area contributed by atoms with Crippen LogP contribution in [0.15, 0.2) is 33.4 Å². The summed E-state index contributed by atoms with van der Waals surface area (Å²) in [4.78, 5) is 0. The Hall–Kier alpha value is -1.33.